The van der Waals surface area contributed by atoms with Gasteiger partial charge in [0, 0.05) is 32.6 Å². The molecule has 0 bridgehead atoms. The molecule has 11 heavy (non-hydrogen) atoms. The summed E-state index contributed by atoms with van der Waals surface area (Å²) >= 11 is 0. The van der Waals surface area contributed by atoms with Crippen molar-refractivity contribution in [2.75, 3.05) is 0 Å². The molecule has 0 N–H and O–H groups in total. The molecule has 0 aromatic rings. The minimum absolute atomic E-state index is 0. The van der Waals surface area contributed by atoms with Crippen molar-refractivity contribution >= 4 is 11.6 Å². The topological polar surface area (TPSA) is 34.1 Å². The van der Waals surface area contributed by atoms with Gasteiger partial charge in [0.25, 0.3) is 0 Å². The Bertz CT molecular complexity index is 143. The predicted octanol–water partition coefficient (Wildman–Crippen LogP) is 1.58. The summed E-state index contributed by atoms with van der Waals surface area (Å²) in [6, 6.07) is 0. The van der Waals surface area contributed by atoms with Gasteiger partial charge in [-0.15, -0.1) is 0 Å². The minimum Gasteiger partial charge on any atom is -0.299 e. The molecule has 0 aliphatic carbocycles. The monoisotopic (exact) mass is 232 g/mol. The number of Topliss-reactive ketones (excluding diaryl/α,β-unsaturated/α-hetero) is 2. The molecule has 0 fully saturated rings. The molecule has 1 unspecified atom stereocenters. The SMILES string of the molecule is CCC(=O)C(CC)C(C)=O.[Zr]. The maximum atomic E-state index is 11.0. The molecule has 3 heteroatoms. The first-order valence-corrected chi connectivity index (χ1v) is 3.66. The van der Waals surface area contributed by atoms with Gasteiger partial charge in [0.05, 0.1) is 5.92 Å². The first-order valence-electron chi connectivity index (χ1n) is 3.66. The van der Waals surface area contributed by atoms with E-state index in [0.29, 0.717) is 12.8 Å². The van der Waals surface area contributed by atoms with Crippen LogP contribution in [0.25, 0.3) is 0 Å². The zero-order valence-electron chi connectivity index (χ0n) is 7.31. The molecule has 0 aliphatic heterocycles. The summed E-state index contributed by atoms with van der Waals surface area (Å²) in [4.78, 5) is 21.7. The standard InChI is InChI=1S/C8H14O2.Zr/c1-4-7(6(3)9)8(10)5-2;/h7H,4-5H2,1-3H3;. The van der Waals surface area contributed by atoms with Crippen molar-refractivity contribution in [3.63, 3.8) is 0 Å². The van der Waals surface area contributed by atoms with Crippen LogP contribution >= 0.6 is 0 Å². The second-order valence-corrected chi connectivity index (χ2v) is 2.39. The van der Waals surface area contributed by atoms with E-state index in [2.05, 4.69) is 0 Å². The van der Waals surface area contributed by atoms with Crippen LogP contribution in [0.15, 0.2) is 0 Å². The van der Waals surface area contributed by atoms with Crippen LogP contribution in [0.2, 0.25) is 0 Å². The van der Waals surface area contributed by atoms with E-state index in [1.165, 1.54) is 6.92 Å². The van der Waals surface area contributed by atoms with Gasteiger partial charge in [0.1, 0.15) is 11.6 Å². The molecule has 0 saturated heterocycles. The van der Waals surface area contributed by atoms with Gasteiger partial charge < -0.3 is 0 Å². The molecule has 0 aromatic heterocycles. The largest absolute Gasteiger partial charge is 0.299 e. The summed E-state index contributed by atoms with van der Waals surface area (Å²) in [5, 5.41) is 0. The van der Waals surface area contributed by atoms with Gasteiger partial charge in [0.15, 0.2) is 0 Å². The molecule has 0 spiro atoms. The van der Waals surface area contributed by atoms with Crippen molar-refractivity contribution in [3.05, 3.63) is 0 Å². The maximum absolute atomic E-state index is 11.0. The van der Waals surface area contributed by atoms with E-state index >= 15 is 0 Å². The summed E-state index contributed by atoms with van der Waals surface area (Å²) in [5.74, 6) is -0.283. The van der Waals surface area contributed by atoms with Gasteiger partial charge in [-0.2, -0.15) is 0 Å². The third-order valence-electron chi connectivity index (χ3n) is 1.64. The Labute approximate surface area is 86.9 Å². The van der Waals surface area contributed by atoms with E-state index < -0.39 is 0 Å². The summed E-state index contributed by atoms with van der Waals surface area (Å²) in [6.07, 6.45) is 1.11. The van der Waals surface area contributed by atoms with Crippen molar-refractivity contribution in [1.82, 2.24) is 0 Å². The van der Waals surface area contributed by atoms with Gasteiger partial charge in [0.2, 0.25) is 0 Å². The Morgan fingerprint density at radius 2 is 1.73 bits per heavy atom. The summed E-state index contributed by atoms with van der Waals surface area (Å²) < 4.78 is 0. The average Bonchev–Trinajstić information content (AvgIpc) is 1.88. The molecule has 62 valence electrons. The average molecular weight is 233 g/mol. The molecular formula is C8H14O2Zr. The van der Waals surface area contributed by atoms with E-state index in [9.17, 15) is 9.59 Å². The molecule has 1 atom stereocenters. The summed E-state index contributed by atoms with van der Waals surface area (Å²) in [6.45, 7) is 5.12. The van der Waals surface area contributed by atoms with Gasteiger partial charge in [-0.1, -0.05) is 13.8 Å². The van der Waals surface area contributed by atoms with Crippen LogP contribution < -0.4 is 0 Å². The summed E-state index contributed by atoms with van der Waals surface area (Å²) in [7, 11) is 0. The summed E-state index contributed by atoms with van der Waals surface area (Å²) in [5.41, 5.74) is 0. The van der Waals surface area contributed by atoms with Crippen LogP contribution in [-0.4, -0.2) is 11.6 Å². The van der Waals surface area contributed by atoms with Crippen LogP contribution in [0.5, 0.6) is 0 Å². The van der Waals surface area contributed by atoms with Crippen molar-refractivity contribution in [2.45, 2.75) is 33.6 Å². The Morgan fingerprint density at radius 1 is 1.27 bits per heavy atom. The van der Waals surface area contributed by atoms with Crippen LogP contribution in [0, 0.1) is 5.92 Å². The molecule has 0 saturated carbocycles. The molecule has 2 nitrogen and oxygen atoms in total. The zero-order chi connectivity index (χ0) is 8.15. The molecule has 0 aromatic carbocycles. The zero-order valence-corrected chi connectivity index (χ0v) is 9.77. The molecule has 0 heterocycles. The molecule has 0 aliphatic rings. The number of ketones is 2. The Kier molecular flexibility index (Phi) is 8.65. The number of hydrogen-bond donors (Lipinski definition) is 0. The van der Waals surface area contributed by atoms with E-state index in [1.807, 2.05) is 6.92 Å². The van der Waals surface area contributed by atoms with E-state index in [4.69, 9.17) is 0 Å². The molecular weight excluding hydrogens is 219 g/mol. The first kappa shape index (κ1) is 13.8. The third kappa shape index (κ3) is 4.63. The second-order valence-electron chi connectivity index (χ2n) is 2.39. The van der Waals surface area contributed by atoms with Gasteiger partial charge in [-0.05, 0) is 13.3 Å². The van der Waals surface area contributed by atoms with Crippen LogP contribution in [0.3, 0.4) is 0 Å². The normalized spacial score (nSPS) is 11.5. The number of rotatable bonds is 4. The Balaban J connectivity index is 0. The van der Waals surface area contributed by atoms with E-state index in [-0.39, 0.29) is 43.7 Å². The maximum Gasteiger partial charge on any atom is 0.143 e. The fourth-order valence-electron chi connectivity index (χ4n) is 0.988. The quantitative estimate of drug-likeness (QED) is 0.691. The Morgan fingerprint density at radius 3 is 1.82 bits per heavy atom. The van der Waals surface area contributed by atoms with Gasteiger partial charge >= 0.3 is 0 Å². The van der Waals surface area contributed by atoms with Crippen molar-refractivity contribution < 1.29 is 35.8 Å². The second kappa shape index (κ2) is 6.90. The third-order valence-corrected chi connectivity index (χ3v) is 1.64. The van der Waals surface area contributed by atoms with Crippen LogP contribution in [-0.2, 0) is 35.8 Å². The van der Waals surface area contributed by atoms with Gasteiger partial charge in [-0.25, -0.2) is 0 Å². The number of carbonyl (C=O) groups is 2. The van der Waals surface area contributed by atoms with Crippen LogP contribution in [0.4, 0.5) is 0 Å². The van der Waals surface area contributed by atoms with Crippen LogP contribution in [0.1, 0.15) is 33.6 Å². The van der Waals surface area contributed by atoms with E-state index in [1.54, 1.807) is 6.92 Å². The smallest absolute Gasteiger partial charge is 0.143 e. The fourth-order valence-corrected chi connectivity index (χ4v) is 0.988. The van der Waals surface area contributed by atoms with E-state index in [0.717, 1.165) is 0 Å². The Hall–Kier alpha value is 0.223. The minimum atomic E-state index is -0.343. The first-order chi connectivity index (χ1) is 4.63. The number of carbonyl (C=O) groups excluding carboxylic acids is 2. The molecule has 0 radical (unpaired) electrons. The van der Waals surface area contributed by atoms with Gasteiger partial charge in [-0.3, -0.25) is 9.59 Å². The van der Waals surface area contributed by atoms with Crippen molar-refractivity contribution in [2.24, 2.45) is 5.92 Å². The molecule has 0 amide bonds. The van der Waals surface area contributed by atoms with Crippen molar-refractivity contribution in [3.8, 4) is 0 Å². The predicted molar refractivity (Wildman–Crippen MR) is 39.8 cm³/mol. The van der Waals surface area contributed by atoms with Crippen molar-refractivity contribution in [1.29, 1.82) is 0 Å². The molecule has 0 rings (SSSR count). The fraction of sp³-hybridized carbons (Fsp3) is 0.750. The number of hydrogen-bond acceptors (Lipinski definition) is 2.